The number of rotatable bonds is 9. The predicted molar refractivity (Wildman–Crippen MR) is 100.0 cm³/mol. The summed E-state index contributed by atoms with van der Waals surface area (Å²) in [4.78, 5) is 27.0. The number of hydrogen-bond donors (Lipinski definition) is 1. The van der Waals surface area contributed by atoms with E-state index in [0.29, 0.717) is 18.7 Å². The normalized spacial score (nSPS) is 10.3. The lowest BCUT2D eigenvalue weighted by atomic mass is 10.2. The highest BCUT2D eigenvalue weighted by molar-refractivity contribution is 7.09. The minimum absolute atomic E-state index is 0.0184. The molecule has 0 aliphatic carbocycles. The zero-order chi connectivity index (χ0) is 18.1. The summed E-state index contributed by atoms with van der Waals surface area (Å²) < 4.78 is 5.57. The highest BCUT2D eigenvalue weighted by Gasteiger charge is 2.12. The number of benzene rings is 1. The van der Waals surface area contributed by atoms with Crippen molar-refractivity contribution in [3.8, 4) is 5.75 Å². The molecule has 6 heteroatoms. The van der Waals surface area contributed by atoms with Gasteiger partial charge in [-0.15, -0.1) is 11.3 Å². The van der Waals surface area contributed by atoms with Crippen LogP contribution in [0.1, 0.15) is 35.0 Å². The maximum Gasteiger partial charge on any atom is 0.251 e. The fraction of sp³-hybridized carbons (Fsp3) is 0.368. The molecule has 2 amide bonds. The molecule has 1 N–H and O–H groups in total. The van der Waals surface area contributed by atoms with Gasteiger partial charge in [-0.25, -0.2) is 0 Å². The Labute approximate surface area is 152 Å². The molecule has 1 heterocycles. The first kappa shape index (κ1) is 19.0. The molecule has 2 aromatic rings. The van der Waals surface area contributed by atoms with Gasteiger partial charge in [0.25, 0.3) is 5.91 Å². The zero-order valence-electron chi connectivity index (χ0n) is 14.7. The zero-order valence-corrected chi connectivity index (χ0v) is 15.5. The molecule has 0 aliphatic heterocycles. The standard InChI is InChI=1S/C19H24N2O3S/c1-3-4-11-24-16-9-7-15(8-10-16)19(23)20-13-18(22)21(2)14-17-6-5-12-25-17/h5-10,12H,3-4,11,13-14H2,1-2H3,(H,20,23). The molecule has 2 rings (SSSR count). The molecule has 0 spiro atoms. The maximum atomic E-state index is 12.1. The number of nitrogens with zero attached hydrogens (tertiary/aromatic N) is 1. The van der Waals surface area contributed by atoms with Crippen LogP contribution in [0, 0.1) is 0 Å². The Kier molecular flexibility index (Phi) is 7.47. The molecule has 0 bridgehead atoms. The summed E-state index contributed by atoms with van der Waals surface area (Å²) in [5.74, 6) is 0.357. The van der Waals surface area contributed by atoms with Gasteiger partial charge in [-0.2, -0.15) is 0 Å². The molecule has 0 atom stereocenters. The van der Waals surface area contributed by atoms with Gasteiger partial charge < -0.3 is 15.0 Å². The first-order valence-corrected chi connectivity index (χ1v) is 9.25. The number of thiophene rings is 1. The SMILES string of the molecule is CCCCOc1ccc(C(=O)NCC(=O)N(C)Cc2cccs2)cc1. The smallest absolute Gasteiger partial charge is 0.251 e. The minimum Gasteiger partial charge on any atom is -0.494 e. The Morgan fingerprint density at radius 3 is 2.60 bits per heavy atom. The molecular formula is C19H24N2O3S. The molecule has 1 aromatic carbocycles. The van der Waals surface area contributed by atoms with Crippen molar-refractivity contribution in [3.63, 3.8) is 0 Å². The largest absolute Gasteiger partial charge is 0.494 e. The van der Waals surface area contributed by atoms with E-state index >= 15 is 0 Å². The van der Waals surface area contributed by atoms with Gasteiger partial charge in [0.05, 0.1) is 19.7 Å². The molecule has 0 unspecified atom stereocenters. The highest BCUT2D eigenvalue weighted by Crippen LogP contribution is 2.13. The number of amides is 2. The molecule has 25 heavy (non-hydrogen) atoms. The summed E-state index contributed by atoms with van der Waals surface area (Å²) in [6, 6.07) is 10.9. The predicted octanol–water partition coefficient (Wildman–Crippen LogP) is 3.32. The summed E-state index contributed by atoms with van der Waals surface area (Å²) >= 11 is 1.61. The van der Waals surface area contributed by atoms with E-state index in [0.717, 1.165) is 23.5 Å². The lowest BCUT2D eigenvalue weighted by Gasteiger charge is -2.16. The van der Waals surface area contributed by atoms with Gasteiger partial charge in [0.15, 0.2) is 0 Å². The number of carbonyl (C=O) groups excluding carboxylic acids is 2. The average Bonchev–Trinajstić information content (AvgIpc) is 3.13. The van der Waals surface area contributed by atoms with Crippen molar-refractivity contribution in [2.45, 2.75) is 26.3 Å². The second-order valence-corrected chi connectivity index (χ2v) is 6.77. The van der Waals surface area contributed by atoms with Crippen LogP contribution >= 0.6 is 11.3 Å². The van der Waals surface area contributed by atoms with E-state index in [1.807, 2.05) is 17.5 Å². The van der Waals surface area contributed by atoms with Crippen LogP contribution in [0.5, 0.6) is 5.75 Å². The van der Waals surface area contributed by atoms with Gasteiger partial charge in [-0.1, -0.05) is 19.4 Å². The van der Waals surface area contributed by atoms with E-state index in [9.17, 15) is 9.59 Å². The summed E-state index contributed by atoms with van der Waals surface area (Å²) in [5.41, 5.74) is 0.511. The third-order valence-corrected chi connectivity index (χ3v) is 4.54. The Morgan fingerprint density at radius 1 is 1.20 bits per heavy atom. The summed E-state index contributed by atoms with van der Waals surface area (Å²) in [5, 5.41) is 4.64. The summed E-state index contributed by atoms with van der Waals surface area (Å²) in [6.45, 7) is 3.31. The van der Waals surface area contributed by atoms with Crippen molar-refractivity contribution >= 4 is 23.2 Å². The van der Waals surface area contributed by atoms with Gasteiger partial charge in [0.1, 0.15) is 5.75 Å². The molecular weight excluding hydrogens is 336 g/mol. The molecule has 0 saturated carbocycles. The van der Waals surface area contributed by atoms with E-state index < -0.39 is 0 Å². The van der Waals surface area contributed by atoms with E-state index in [2.05, 4.69) is 12.2 Å². The van der Waals surface area contributed by atoms with Crippen LogP contribution in [-0.2, 0) is 11.3 Å². The summed E-state index contributed by atoms with van der Waals surface area (Å²) in [6.07, 6.45) is 2.08. The van der Waals surface area contributed by atoms with Crippen molar-refractivity contribution < 1.29 is 14.3 Å². The van der Waals surface area contributed by atoms with Crippen LogP contribution in [0.3, 0.4) is 0 Å². The lowest BCUT2D eigenvalue weighted by molar-refractivity contribution is -0.129. The fourth-order valence-corrected chi connectivity index (χ4v) is 2.91. The Morgan fingerprint density at radius 2 is 1.96 bits per heavy atom. The minimum atomic E-state index is -0.266. The van der Waals surface area contributed by atoms with Crippen LogP contribution in [0.25, 0.3) is 0 Å². The number of ether oxygens (including phenoxy) is 1. The fourth-order valence-electron chi connectivity index (χ4n) is 2.15. The van der Waals surface area contributed by atoms with Gasteiger partial charge in [-0.05, 0) is 42.1 Å². The highest BCUT2D eigenvalue weighted by atomic mass is 32.1. The third-order valence-electron chi connectivity index (χ3n) is 3.68. The van der Waals surface area contributed by atoms with Gasteiger partial charge in [-0.3, -0.25) is 9.59 Å². The summed E-state index contributed by atoms with van der Waals surface area (Å²) in [7, 11) is 1.73. The lowest BCUT2D eigenvalue weighted by Crippen LogP contribution is -2.37. The first-order valence-electron chi connectivity index (χ1n) is 8.37. The molecule has 1 aromatic heterocycles. The quantitative estimate of drug-likeness (QED) is 0.698. The van der Waals surface area contributed by atoms with E-state index in [1.54, 1.807) is 47.5 Å². The van der Waals surface area contributed by atoms with Gasteiger partial charge >= 0.3 is 0 Å². The van der Waals surface area contributed by atoms with E-state index in [4.69, 9.17) is 4.74 Å². The van der Waals surface area contributed by atoms with E-state index in [-0.39, 0.29) is 18.4 Å². The number of hydrogen-bond acceptors (Lipinski definition) is 4. The molecule has 0 saturated heterocycles. The number of carbonyl (C=O) groups is 2. The van der Waals surface area contributed by atoms with Crippen LogP contribution in [0.2, 0.25) is 0 Å². The van der Waals surface area contributed by atoms with Crippen LogP contribution in [-0.4, -0.2) is 36.9 Å². The Bertz CT molecular complexity index is 668. The van der Waals surface area contributed by atoms with E-state index in [1.165, 1.54) is 0 Å². The maximum absolute atomic E-state index is 12.1. The monoisotopic (exact) mass is 360 g/mol. The number of nitrogens with one attached hydrogen (secondary N) is 1. The Hall–Kier alpha value is -2.34. The van der Waals surface area contributed by atoms with Gasteiger partial charge in [0, 0.05) is 17.5 Å². The molecule has 5 nitrogen and oxygen atoms in total. The van der Waals surface area contributed by atoms with Gasteiger partial charge in [0.2, 0.25) is 5.91 Å². The molecule has 0 radical (unpaired) electrons. The Balaban J connectivity index is 1.78. The molecule has 134 valence electrons. The first-order chi connectivity index (χ1) is 12.1. The van der Waals surface area contributed by atoms with Crippen molar-refractivity contribution in [1.29, 1.82) is 0 Å². The van der Waals surface area contributed by atoms with Crippen molar-refractivity contribution in [2.75, 3.05) is 20.2 Å². The van der Waals surface area contributed by atoms with Crippen LogP contribution < -0.4 is 10.1 Å². The third kappa shape index (κ3) is 6.23. The second-order valence-electron chi connectivity index (χ2n) is 5.74. The number of likely N-dealkylation sites (N-methyl/N-ethyl adjacent to an activating group) is 1. The second kappa shape index (κ2) is 9.84. The van der Waals surface area contributed by atoms with Crippen LogP contribution in [0.4, 0.5) is 0 Å². The topological polar surface area (TPSA) is 58.6 Å². The van der Waals surface area contributed by atoms with Crippen molar-refractivity contribution in [2.24, 2.45) is 0 Å². The average molecular weight is 360 g/mol. The van der Waals surface area contributed by atoms with Crippen molar-refractivity contribution in [3.05, 3.63) is 52.2 Å². The van der Waals surface area contributed by atoms with Crippen molar-refractivity contribution in [1.82, 2.24) is 10.2 Å². The molecule has 0 fully saturated rings. The number of unbranched alkanes of at least 4 members (excludes halogenated alkanes) is 1. The molecule has 0 aliphatic rings. The van der Waals surface area contributed by atoms with Crippen LogP contribution in [0.15, 0.2) is 41.8 Å².